The van der Waals surface area contributed by atoms with Crippen LogP contribution >= 0.6 is 0 Å². The molecule has 0 saturated heterocycles. The lowest BCUT2D eigenvalue weighted by atomic mass is 10.1. The number of carbonyl (C=O) groups excluding carboxylic acids is 1. The Morgan fingerprint density at radius 1 is 1.56 bits per heavy atom. The molecule has 0 atom stereocenters. The molecule has 0 bridgehead atoms. The van der Waals surface area contributed by atoms with E-state index < -0.39 is 0 Å². The third kappa shape index (κ3) is 3.53. The van der Waals surface area contributed by atoms with E-state index in [0.29, 0.717) is 17.2 Å². The van der Waals surface area contributed by atoms with Crippen LogP contribution in [0.4, 0.5) is 0 Å². The topological polar surface area (TPSA) is 54.6 Å². The minimum absolute atomic E-state index is 0.227. The van der Waals surface area contributed by atoms with Gasteiger partial charge in [-0.2, -0.15) is 5.10 Å². The Morgan fingerprint density at radius 3 is 2.75 bits per heavy atom. The highest BCUT2D eigenvalue weighted by molar-refractivity contribution is 5.96. The molecular formula is C12H18N2O2. The van der Waals surface area contributed by atoms with Crippen LogP contribution in [-0.4, -0.2) is 11.6 Å². The van der Waals surface area contributed by atoms with Gasteiger partial charge in [-0.25, -0.2) is 5.43 Å². The van der Waals surface area contributed by atoms with Crippen molar-refractivity contribution in [3.05, 3.63) is 23.7 Å². The quantitative estimate of drug-likeness (QED) is 0.629. The summed E-state index contributed by atoms with van der Waals surface area (Å²) in [6.07, 6.45) is 2.37. The van der Waals surface area contributed by atoms with Gasteiger partial charge in [0, 0.05) is 5.71 Å². The first-order valence-electron chi connectivity index (χ1n) is 5.38. The fraction of sp³-hybridized carbons (Fsp3) is 0.500. The molecule has 0 aliphatic carbocycles. The number of hydrazone groups is 1. The van der Waals surface area contributed by atoms with Crippen LogP contribution in [-0.2, 0) is 0 Å². The maximum atomic E-state index is 11.6. The first kappa shape index (κ1) is 12.5. The zero-order chi connectivity index (χ0) is 12.1. The molecule has 1 amide bonds. The molecule has 1 N–H and O–H groups in total. The van der Waals surface area contributed by atoms with Gasteiger partial charge < -0.3 is 4.42 Å². The van der Waals surface area contributed by atoms with Crippen molar-refractivity contribution in [3.8, 4) is 0 Å². The SMILES string of the molecule is C/C(CC(C)C)=N\NC(=O)c1ccoc1C. The number of hydrogen-bond donors (Lipinski definition) is 1. The van der Waals surface area contributed by atoms with Crippen molar-refractivity contribution >= 4 is 11.6 Å². The lowest BCUT2D eigenvalue weighted by Gasteiger charge is -2.04. The minimum Gasteiger partial charge on any atom is -0.469 e. The Labute approximate surface area is 95.7 Å². The smallest absolute Gasteiger partial charge is 0.274 e. The molecule has 16 heavy (non-hydrogen) atoms. The summed E-state index contributed by atoms with van der Waals surface area (Å²) in [4.78, 5) is 11.6. The number of nitrogens with zero attached hydrogens (tertiary/aromatic N) is 1. The summed E-state index contributed by atoms with van der Waals surface area (Å²) < 4.78 is 5.05. The molecule has 0 unspecified atom stereocenters. The van der Waals surface area contributed by atoms with E-state index in [1.165, 1.54) is 6.26 Å². The molecule has 4 nitrogen and oxygen atoms in total. The van der Waals surface area contributed by atoms with Gasteiger partial charge in [-0.15, -0.1) is 0 Å². The van der Waals surface area contributed by atoms with Crippen LogP contribution in [0.15, 0.2) is 21.8 Å². The number of carbonyl (C=O) groups is 1. The van der Waals surface area contributed by atoms with E-state index in [-0.39, 0.29) is 5.91 Å². The van der Waals surface area contributed by atoms with Crippen molar-refractivity contribution in [1.82, 2.24) is 5.43 Å². The lowest BCUT2D eigenvalue weighted by molar-refractivity contribution is 0.0953. The molecule has 0 aliphatic rings. The van der Waals surface area contributed by atoms with Crippen LogP contribution in [0, 0.1) is 12.8 Å². The molecule has 1 aromatic rings. The second kappa shape index (κ2) is 5.49. The highest BCUT2D eigenvalue weighted by atomic mass is 16.3. The summed E-state index contributed by atoms with van der Waals surface area (Å²) in [5.41, 5.74) is 3.97. The summed E-state index contributed by atoms with van der Waals surface area (Å²) in [5, 5.41) is 4.04. The number of furan rings is 1. The van der Waals surface area contributed by atoms with E-state index in [1.807, 2.05) is 6.92 Å². The Kier molecular flexibility index (Phi) is 4.28. The Bertz CT molecular complexity index is 391. The molecule has 1 rings (SSSR count). The van der Waals surface area contributed by atoms with Crippen molar-refractivity contribution in [2.24, 2.45) is 11.0 Å². The van der Waals surface area contributed by atoms with Crippen LogP contribution < -0.4 is 5.43 Å². The van der Waals surface area contributed by atoms with Crippen molar-refractivity contribution in [1.29, 1.82) is 0 Å². The average Bonchev–Trinajstić information content (AvgIpc) is 2.60. The molecule has 0 spiro atoms. The number of aryl methyl sites for hydroxylation is 1. The van der Waals surface area contributed by atoms with E-state index in [1.54, 1.807) is 13.0 Å². The molecule has 1 heterocycles. The van der Waals surface area contributed by atoms with Crippen molar-refractivity contribution in [2.45, 2.75) is 34.1 Å². The lowest BCUT2D eigenvalue weighted by Crippen LogP contribution is -2.19. The second-order valence-electron chi connectivity index (χ2n) is 4.28. The predicted octanol–water partition coefficient (Wildman–Crippen LogP) is 2.74. The van der Waals surface area contributed by atoms with Gasteiger partial charge in [0.2, 0.25) is 0 Å². The van der Waals surface area contributed by atoms with E-state index in [4.69, 9.17) is 4.42 Å². The number of nitrogens with one attached hydrogen (secondary N) is 1. The van der Waals surface area contributed by atoms with Gasteiger partial charge in [0.25, 0.3) is 5.91 Å². The third-order valence-electron chi connectivity index (χ3n) is 2.16. The molecule has 0 fully saturated rings. The van der Waals surface area contributed by atoms with Crippen molar-refractivity contribution < 1.29 is 9.21 Å². The van der Waals surface area contributed by atoms with Gasteiger partial charge in [0.1, 0.15) is 5.76 Å². The van der Waals surface area contributed by atoms with E-state index in [2.05, 4.69) is 24.4 Å². The average molecular weight is 222 g/mol. The fourth-order valence-electron chi connectivity index (χ4n) is 1.46. The van der Waals surface area contributed by atoms with E-state index in [9.17, 15) is 4.79 Å². The predicted molar refractivity (Wildman–Crippen MR) is 63.5 cm³/mol. The summed E-state index contributed by atoms with van der Waals surface area (Å²) >= 11 is 0. The largest absolute Gasteiger partial charge is 0.469 e. The highest BCUT2D eigenvalue weighted by Crippen LogP contribution is 2.08. The first-order valence-corrected chi connectivity index (χ1v) is 5.38. The molecule has 0 aliphatic heterocycles. The Hall–Kier alpha value is -1.58. The van der Waals surface area contributed by atoms with E-state index >= 15 is 0 Å². The molecule has 4 heteroatoms. The zero-order valence-electron chi connectivity index (χ0n) is 10.2. The maximum Gasteiger partial charge on any atom is 0.274 e. The van der Waals surface area contributed by atoms with Crippen LogP contribution in [0.1, 0.15) is 43.3 Å². The normalized spacial score (nSPS) is 11.9. The molecule has 0 saturated carbocycles. The summed E-state index contributed by atoms with van der Waals surface area (Å²) in [6, 6.07) is 1.64. The molecule has 0 aromatic carbocycles. The summed E-state index contributed by atoms with van der Waals surface area (Å²) in [5.74, 6) is 0.917. The van der Waals surface area contributed by atoms with Gasteiger partial charge in [-0.05, 0) is 32.3 Å². The summed E-state index contributed by atoms with van der Waals surface area (Å²) in [6.45, 7) is 7.88. The Morgan fingerprint density at radius 2 is 2.25 bits per heavy atom. The second-order valence-corrected chi connectivity index (χ2v) is 4.28. The van der Waals surface area contributed by atoms with Gasteiger partial charge >= 0.3 is 0 Å². The van der Waals surface area contributed by atoms with Crippen LogP contribution in [0.25, 0.3) is 0 Å². The van der Waals surface area contributed by atoms with Crippen molar-refractivity contribution in [2.75, 3.05) is 0 Å². The molecule has 88 valence electrons. The maximum absolute atomic E-state index is 11.6. The highest BCUT2D eigenvalue weighted by Gasteiger charge is 2.10. The number of amides is 1. The van der Waals surface area contributed by atoms with Crippen LogP contribution in [0.2, 0.25) is 0 Å². The molecular weight excluding hydrogens is 204 g/mol. The molecule has 1 aromatic heterocycles. The monoisotopic (exact) mass is 222 g/mol. The zero-order valence-corrected chi connectivity index (χ0v) is 10.2. The molecule has 0 radical (unpaired) electrons. The van der Waals surface area contributed by atoms with Gasteiger partial charge in [0.05, 0.1) is 11.8 Å². The number of hydrogen-bond acceptors (Lipinski definition) is 3. The number of rotatable bonds is 4. The van der Waals surface area contributed by atoms with Gasteiger partial charge in [-0.3, -0.25) is 4.79 Å². The van der Waals surface area contributed by atoms with Crippen LogP contribution in [0.5, 0.6) is 0 Å². The summed E-state index contributed by atoms with van der Waals surface area (Å²) in [7, 11) is 0. The van der Waals surface area contributed by atoms with Crippen LogP contribution in [0.3, 0.4) is 0 Å². The third-order valence-corrected chi connectivity index (χ3v) is 2.16. The fourth-order valence-corrected chi connectivity index (χ4v) is 1.46. The standard InChI is InChI=1S/C12H18N2O2/c1-8(2)7-9(3)13-14-12(15)11-5-6-16-10(11)4/h5-6,8H,7H2,1-4H3,(H,14,15)/b13-9+. The van der Waals surface area contributed by atoms with E-state index in [0.717, 1.165) is 12.1 Å². The van der Waals surface area contributed by atoms with Gasteiger partial charge in [-0.1, -0.05) is 13.8 Å². The van der Waals surface area contributed by atoms with Crippen molar-refractivity contribution in [3.63, 3.8) is 0 Å². The Balaban J connectivity index is 2.56. The first-order chi connectivity index (χ1) is 7.50. The minimum atomic E-state index is -0.227. The van der Waals surface area contributed by atoms with Gasteiger partial charge in [0.15, 0.2) is 0 Å².